The first-order chi connectivity index (χ1) is 36.3. The van der Waals surface area contributed by atoms with Gasteiger partial charge in [0.25, 0.3) is 0 Å². The smallest absolute Gasteiger partial charge is 0.164 e. The third-order valence-electron chi connectivity index (χ3n) is 14.9. The zero-order chi connectivity index (χ0) is 53.9. The summed E-state index contributed by atoms with van der Waals surface area (Å²) in [6, 6.07) is 62.4. The highest BCUT2D eigenvalue weighted by atomic mass is 15.2. The second kappa shape index (κ2) is 22.3. The number of benzene rings is 8. The Kier molecular flexibility index (Phi) is 15.6. The third kappa shape index (κ3) is 11.9. The lowest BCUT2D eigenvalue weighted by Crippen LogP contribution is -2.17. The van der Waals surface area contributed by atoms with Crippen LogP contribution in [0.4, 0.5) is 34.1 Å². The molecule has 0 aliphatic heterocycles. The minimum Gasteiger partial charge on any atom is -0.310 e. The topological polar surface area (TPSA) is 45.2 Å². The molecule has 386 valence electrons. The van der Waals surface area contributed by atoms with E-state index in [1.165, 1.54) is 87.1 Å². The monoisotopic (exact) mass is 1000 g/mol. The number of unbranched alkanes of at least 4 members (excludes halogenated alkanes) is 3. The third-order valence-corrected chi connectivity index (χ3v) is 14.9. The highest BCUT2D eigenvalue weighted by Gasteiger charge is 2.25. The van der Waals surface area contributed by atoms with Crippen LogP contribution in [-0.2, 0) is 17.3 Å². The van der Waals surface area contributed by atoms with Gasteiger partial charge in [-0.3, -0.25) is 0 Å². The molecular weight excluding hydrogens is 923 g/mol. The van der Waals surface area contributed by atoms with Crippen LogP contribution in [0.5, 0.6) is 0 Å². The Hall–Kier alpha value is -7.63. The van der Waals surface area contributed by atoms with Crippen molar-refractivity contribution in [2.24, 2.45) is 0 Å². The molecule has 9 aromatic rings. The summed E-state index contributed by atoms with van der Waals surface area (Å²) in [6.07, 6.45) is 6.09. The summed E-state index contributed by atoms with van der Waals surface area (Å²) < 4.78 is 0. The molecule has 0 aliphatic rings. The SMILES string of the molecule is CCCCCCc1ccc(-c2nc(-c3ccc(C)cc3)nc(-c3ccc(-c4ccc(N(c5ccc(N(c6ccc(C)cc6)c6c(C)cc(C(C)(C)C)cc6C)cc5)c5c(C)cc(C(C)(C)C)cc5C)cc4)cc3)n2)cc1. The van der Waals surface area contributed by atoms with E-state index in [1.54, 1.807) is 0 Å². The molecule has 0 radical (unpaired) electrons. The lowest BCUT2D eigenvalue weighted by Gasteiger charge is -2.33. The molecule has 9 rings (SSSR count). The summed E-state index contributed by atoms with van der Waals surface area (Å²) in [7, 11) is 0. The molecule has 0 N–H and O–H groups in total. The van der Waals surface area contributed by atoms with Crippen LogP contribution >= 0.6 is 0 Å². The minimum absolute atomic E-state index is 0.0209. The first-order valence-electron chi connectivity index (χ1n) is 27.5. The Morgan fingerprint density at radius 1 is 0.342 bits per heavy atom. The zero-order valence-corrected chi connectivity index (χ0v) is 47.4. The zero-order valence-electron chi connectivity index (χ0n) is 47.4. The average molecular weight is 1000 g/mol. The number of nitrogens with zero attached hydrogens (tertiary/aromatic N) is 5. The van der Waals surface area contributed by atoms with Gasteiger partial charge in [-0.25, -0.2) is 15.0 Å². The normalized spacial score (nSPS) is 11.8. The van der Waals surface area contributed by atoms with Gasteiger partial charge in [-0.05, 0) is 164 Å². The molecule has 5 nitrogen and oxygen atoms in total. The highest BCUT2D eigenvalue weighted by Crippen LogP contribution is 2.45. The Bertz CT molecular complexity index is 3380. The lowest BCUT2D eigenvalue weighted by atomic mass is 9.84. The first-order valence-corrected chi connectivity index (χ1v) is 27.5. The van der Waals surface area contributed by atoms with Crippen molar-refractivity contribution in [2.45, 2.75) is 133 Å². The summed E-state index contributed by atoms with van der Waals surface area (Å²) in [5.41, 5.74) is 23.5. The maximum absolute atomic E-state index is 5.09. The van der Waals surface area contributed by atoms with Crippen molar-refractivity contribution in [1.29, 1.82) is 0 Å². The molecule has 1 aromatic heterocycles. The molecule has 0 atom stereocenters. The number of aryl methyl sites for hydroxylation is 7. The molecular formula is C71H77N5. The molecule has 0 amide bonds. The van der Waals surface area contributed by atoms with Crippen LogP contribution in [0.1, 0.15) is 124 Å². The number of aromatic nitrogens is 3. The molecule has 0 unspecified atom stereocenters. The van der Waals surface area contributed by atoms with Crippen LogP contribution in [0.15, 0.2) is 170 Å². The number of hydrogen-bond donors (Lipinski definition) is 0. The minimum atomic E-state index is 0.0209. The largest absolute Gasteiger partial charge is 0.310 e. The molecule has 0 saturated heterocycles. The van der Waals surface area contributed by atoms with Gasteiger partial charge in [0.1, 0.15) is 0 Å². The fourth-order valence-electron chi connectivity index (χ4n) is 10.4. The van der Waals surface area contributed by atoms with E-state index in [2.05, 4.69) is 270 Å². The van der Waals surface area contributed by atoms with Crippen LogP contribution in [0.25, 0.3) is 45.3 Å². The predicted octanol–water partition coefficient (Wildman–Crippen LogP) is 20.0. The predicted molar refractivity (Wildman–Crippen MR) is 325 cm³/mol. The summed E-state index contributed by atoms with van der Waals surface area (Å²) >= 11 is 0. The van der Waals surface area contributed by atoms with E-state index in [9.17, 15) is 0 Å². The maximum atomic E-state index is 5.09. The van der Waals surface area contributed by atoms with E-state index in [0.29, 0.717) is 17.5 Å². The quantitative estimate of drug-likeness (QED) is 0.0958. The van der Waals surface area contributed by atoms with Crippen LogP contribution < -0.4 is 9.80 Å². The van der Waals surface area contributed by atoms with Gasteiger partial charge in [0.05, 0.1) is 11.4 Å². The summed E-state index contributed by atoms with van der Waals surface area (Å²) in [5.74, 6) is 2.00. The fraction of sp³-hybridized carbons (Fsp3) is 0.282. The number of anilines is 6. The van der Waals surface area contributed by atoms with E-state index in [-0.39, 0.29) is 10.8 Å². The second-order valence-corrected chi connectivity index (χ2v) is 23.2. The van der Waals surface area contributed by atoms with Crippen LogP contribution in [0.3, 0.4) is 0 Å². The lowest BCUT2D eigenvalue weighted by molar-refractivity contribution is 0.589. The van der Waals surface area contributed by atoms with Crippen molar-refractivity contribution < 1.29 is 0 Å². The molecule has 0 spiro atoms. The molecule has 1 heterocycles. The van der Waals surface area contributed by atoms with Gasteiger partial charge in [0.15, 0.2) is 17.5 Å². The molecule has 0 bridgehead atoms. The van der Waals surface area contributed by atoms with Gasteiger partial charge in [0.2, 0.25) is 0 Å². The van der Waals surface area contributed by atoms with Crippen molar-refractivity contribution >= 4 is 34.1 Å². The Balaban J connectivity index is 1.06. The molecule has 5 heteroatoms. The van der Waals surface area contributed by atoms with Gasteiger partial charge in [0, 0.05) is 39.4 Å². The number of hydrogen-bond acceptors (Lipinski definition) is 5. The van der Waals surface area contributed by atoms with Crippen LogP contribution in [-0.4, -0.2) is 15.0 Å². The Morgan fingerprint density at radius 3 is 0.987 bits per heavy atom. The van der Waals surface area contributed by atoms with Crippen molar-refractivity contribution in [3.8, 4) is 45.3 Å². The molecule has 8 aromatic carbocycles. The van der Waals surface area contributed by atoms with E-state index in [0.717, 1.165) is 57.0 Å². The molecule has 0 fully saturated rings. The van der Waals surface area contributed by atoms with Crippen molar-refractivity contribution in [3.63, 3.8) is 0 Å². The molecule has 0 aliphatic carbocycles. The van der Waals surface area contributed by atoms with Crippen molar-refractivity contribution in [3.05, 3.63) is 220 Å². The molecule has 0 saturated carbocycles. The van der Waals surface area contributed by atoms with Gasteiger partial charge in [-0.1, -0.05) is 200 Å². The first kappa shape index (κ1) is 53.2. The highest BCUT2D eigenvalue weighted by molar-refractivity contribution is 5.86. The molecule has 76 heavy (non-hydrogen) atoms. The van der Waals surface area contributed by atoms with Crippen LogP contribution in [0, 0.1) is 41.5 Å². The van der Waals surface area contributed by atoms with Gasteiger partial charge >= 0.3 is 0 Å². The van der Waals surface area contributed by atoms with Gasteiger partial charge < -0.3 is 9.80 Å². The van der Waals surface area contributed by atoms with E-state index in [4.69, 9.17) is 15.0 Å². The summed E-state index contributed by atoms with van der Waals surface area (Å²) in [6.45, 7) is 29.3. The summed E-state index contributed by atoms with van der Waals surface area (Å²) in [4.78, 5) is 20.0. The average Bonchev–Trinajstić information content (AvgIpc) is 3.40. The van der Waals surface area contributed by atoms with Crippen molar-refractivity contribution in [1.82, 2.24) is 15.0 Å². The van der Waals surface area contributed by atoms with Crippen molar-refractivity contribution in [2.75, 3.05) is 9.80 Å². The number of rotatable bonds is 15. The fourth-order valence-corrected chi connectivity index (χ4v) is 10.4. The van der Waals surface area contributed by atoms with Crippen LogP contribution in [0.2, 0.25) is 0 Å². The Labute approximate surface area is 454 Å². The standard InChI is InChI=1S/C71H77N5/c1-14-15-16-17-18-53-23-27-57(28-24-53)68-72-67(56-25-19-47(2)20-26-56)73-69(74-68)58-31-29-54(30-32-58)55-33-37-62(38-34-55)76(66-51(6)45-60(46-52(66)7)71(11,12)13)64-41-39-63(40-42-64)75(61-35-21-48(3)22-36-61)65-49(4)43-59(44-50(65)5)70(8,9)10/h19-46H,14-18H2,1-13H3. The maximum Gasteiger partial charge on any atom is 0.164 e. The second-order valence-electron chi connectivity index (χ2n) is 23.2. The van der Waals surface area contributed by atoms with Gasteiger partial charge in [-0.15, -0.1) is 0 Å². The van der Waals surface area contributed by atoms with Gasteiger partial charge in [-0.2, -0.15) is 0 Å². The summed E-state index contributed by atoms with van der Waals surface area (Å²) in [5, 5.41) is 0. The Morgan fingerprint density at radius 2 is 0.632 bits per heavy atom. The van der Waals surface area contributed by atoms with E-state index in [1.807, 2.05) is 0 Å². The van der Waals surface area contributed by atoms with E-state index < -0.39 is 0 Å². The van der Waals surface area contributed by atoms with E-state index >= 15 is 0 Å².